The van der Waals surface area contributed by atoms with Gasteiger partial charge in [-0.1, -0.05) is 233 Å². The van der Waals surface area contributed by atoms with Gasteiger partial charge in [0.1, 0.15) is 0 Å². The number of hydrogen-bond donors (Lipinski definition) is 3. The Kier molecular flexibility index (Phi) is 50.7. The summed E-state index contributed by atoms with van der Waals surface area (Å²) in [6, 6.07) is 0. The summed E-state index contributed by atoms with van der Waals surface area (Å²) in [5.41, 5.74) is 5.83. The summed E-state index contributed by atoms with van der Waals surface area (Å²) in [6.45, 7) is 13.3. The molecule has 0 aliphatic rings. The van der Waals surface area contributed by atoms with Crippen LogP contribution in [0.4, 0.5) is 0 Å². The van der Waals surface area contributed by atoms with Crippen molar-refractivity contribution in [1.29, 1.82) is 0 Å². The van der Waals surface area contributed by atoms with Crippen LogP contribution < -0.4 is 5.73 Å². The molecule has 2 atom stereocenters. The van der Waals surface area contributed by atoms with Gasteiger partial charge < -0.3 is 30.5 Å². The largest absolute Gasteiger partial charge is 0.466 e. The number of esters is 1. The fraction of sp³-hybridized carbons (Fsp3) is 0.982. The number of rotatable bonds is 53. The summed E-state index contributed by atoms with van der Waals surface area (Å²) in [5, 5.41) is 21.5. The number of nitrogens with two attached hydrogens (primary N) is 1. The summed E-state index contributed by atoms with van der Waals surface area (Å²) in [5.74, 6) is -0.0553. The number of carbonyl (C=O) groups is 1. The minimum absolute atomic E-state index is 0.0553. The zero-order valence-electron chi connectivity index (χ0n) is 42.5. The molecule has 0 aromatic carbocycles. The SMILES string of the molecule is CCCCCCCCCCCCCCN(CCCCN(CCCCCCCCCCCCCC)CC(O)CCCCCC(=O)OCCCCCCCCCCCC)CC(O)CN. The lowest BCUT2D eigenvalue weighted by molar-refractivity contribution is -0.143. The first-order valence-corrected chi connectivity index (χ1v) is 28.1. The molecule has 0 amide bonds. The van der Waals surface area contributed by atoms with E-state index in [0.717, 1.165) is 84.1 Å². The fourth-order valence-electron chi connectivity index (χ4n) is 9.05. The third-order valence-electron chi connectivity index (χ3n) is 13.2. The van der Waals surface area contributed by atoms with E-state index in [1.807, 2.05) is 0 Å². The van der Waals surface area contributed by atoms with E-state index in [2.05, 4.69) is 30.6 Å². The molecule has 0 aromatic heterocycles. The number of unbranched alkanes of at least 4 members (excludes halogenated alkanes) is 34. The number of nitrogens with zero attached hydrogens (tertiary/aromatic N) is 2. The van der Waals surface area contributed by atoms with Crippen LogP contribution in [-0.4, -0.2) is 90.6 Å². The Balaban J connectivity index is 4.53. The number of ether oxygens (including phenoxy) is 1. The van der Waals surface area contributed by atoms with Crippen LogP contribution in [0, 0.1) is 0 Å². The average molecular weight is 881 g/mol. The fourth-order valence-corrected chi connectivity index (χ4v) is 9.05. The summed E-state index contributed by atoms with van der Waals surface area (Å²) in [7, 11) is 0. The number of aliphatic hydroxyl groups excluding tert-OH is 2. The zero-order valence-corrected chi connectivity index (χ0v) is 42.5. The maximum absolute atomic E-state index is 12.3. The second kappa shape index (κ2) is 51.3. The number of hydrogen-bond acceptors (Lipinski definition) is 7. The van der Waals surface area contributed by atoms with E-state index in [1.165, 1.54) is 205 Å². The molecule has 0 fully saturated rings. The molecule has 0 aromatic rings. The highest BCUT2D eigenvalue weighted by molar-refractivity contribution is 5.69. The Morgan fingerprint density at radius 3 is 1.05 bits per heavy atom. The molecule has 0 aliphatic carbocycles. The van der Waals surface area contributed by atoms with E-state index in [9.17, 15) is 15.0 Å². The molecule has 0 spiro atoms. The second-order valence-corrected chi connectivity index (χ2v) is 19.6. The highest BCUT2D eigenvalue weighted by Crippen LogP contribution is 2.16. The number of aliphatic hydroxyl groups is 2. The Labute approximate surface area is 388 Å². The Morgan fingerprint density at radius 1 is 0.403 bits per heavy atom. The van der Waals surface area contributed by atoms with Gasteiger partial charge in [0.05, 0.1) is 18.8 Å². The molecule has 4 N–H and O–H groups in total. The first-order valence-electron chi connectivity index (χ1n) is 28.1. The molecule has 0 rings (SSSR count). The molecule has 62 heavy (non-hydrogen) atoms. The molecule has 7 nitrogen and oxygen atoms in total. The average Bonchev–Trinajstić information content (AvgIpc) is 3.27. The molecule has 0 saturated carbocycles. The van der Waals surface area contributed by atoms with Gasteiger partial charge in [-0.25, -0.2) is 0 Å². The first kappa shape index (κ1) is 61.3. The van der Waals surface area contributed by atoms with Crippen LogP contribution in [0.1, 0.15) is 284 Å². The molecule has 2 unspecified atom stereocenters. The minimum atomic E-state index is -0.454. The van der Waals surface area contributed by atoms with Gasteiger partial charge in [0, 0.05) is 26.1 Å². The molecule has 0 aliphatic heterocycles. The van der Waals surface area contributed by atoms with Crippen LogP contribution in [0.25, 0.3) is 0 Å². The summed E-state index contributed by atoms with van der Waals surface area (Å²) in [6.07, 6.45) is 51.0. The van der Waals surface area contributed by atoms with Crippen molar-refractivity contribution in [1.82, 2.24) is 9.80 Å². The monoisotopic (exact) mass is 880 g/mol. The van der Waals surface area contributed by atoms with E-state index in [0.29, 0.717) is 26.1 Å². The van der Waals surface area contributed by atoms with E-state index in [-0.39, 0.29) is 12.1 Å². The standard InChI is InChI=1S/C55H113N3O4/c1-4-7-10-13-16-19-22-24-26-29-32-38-45-57(51-53(59)43-36-35-37-44-55(61)62-49-42-34-31-28-21-18-15-12-9-6-3)47-40-41-48-58(52-54(60)50-56)46-39-33-30-27-25-23-20-17-14-11-8-5-2/h53-54,59-60H,4-52,56H2,1-3H3. The third kappa shape index (κ3) is 47.2. The van der Waals surface area contributed by atoms with Gasteiger partial charge in [0.15, 0.2) is 0 Å². The lowest BCUT2D eigenvalue weighted by Gasteiger charge is -2.27. The van der Waals surface area contributed by atoms with Crippen molar-refractivity contribution < 1.29 is 19.7 Å². The predicted molar refractivity (Wildman–Crippen MR) is 271 cm³/mol. The van der Waals surface area contributed by atoms with Crippen molar-refractivity contribution in [2.24, 2.45) is 5.73 Å². The van der Waals surface area contributed by atoms with E-state index < -0.39 is 6.10 Å². The van der Waals surface area contributed by atoms with Gasteiger partial charge in [-0.15, -0.1) is 0 Å². The van der Waals surface area contributed by atoms with Crippen molar-refractivity contribution >= 4 is 5.97 Å². The molecular formula is C55H113N3O4. The molecule has 7 heteroatoms. The van der Waals surface area contributed by atoms with Crippen molar-refractivity contribution in [2.75, 3.05) is 52.4 Å². The van der Waals surface area contributed by atoms with Crippen LogP contribution in [0.2, 0.25) is 0 Å². The highest BCUT2D eigenvalue weighted by Gasteiger charge is 2.14. The maximum atomic E-state index is 12.3. The normalized spacial score (nSPS) is 12.8. The van der Waals surface area contributed by atoms with E-state index in [4.69, 9.17) is 10.5 Å². The van der Waals surface area contributed by atoms with Crippen molar-refractivity contribution in [2.45, 2.75) is 296 Å². The van der Waals surface area contributed by atoms with Gasteiger partial charge in [-0.3, -0.25) is 4.79 Å². The van der Waals surface area contributed by atoms with Gasteiger partial charge in [-0.2, -0.15) is 0 Å². The van der Waals surface area contributed by atoms with E-state index >= 15 is 0 Å². The third-order valence-corrected chi connectivity index (χ3v) is 13.2. The van der Waals surface area contributed by atoms with Gasteiger partial charge in [0.2, 0.25) is 0 Å². The van der Waals surface area contributed by atoms with Crippen LogP contribution >= 0.6 is 0 Å². The van der Waals surface area contributed by atoms with Crippen LogP contribution in [0.3, 0.4) is 0 Å². The molecule has 0 radical (unpaired) electrons. The second-order valence-electron chi connectivity index (χ2n) is 19.6. The molecule has 0 heterocycles. The van der Waals surface area contributed by atoms with Gasteiger partial charge in [0.25, 0.3) is 0 Å². The molecule has 372 valence electrons. The molecule has 0 saturated heterocycles. The van der Waals surface area contributed by atoms with Crippen molar-refractivity contribution in [3.63, 3.8) is 0 Å². The van der Waals surface area contributed by atoms with Crippen molar-refractivity contribution in [3.8, 4) is 0 Å². The highest BCUT2D eigenvalue weighted by atomic mass is 16.5. The Hall–Kier alpha value is -0.730. The zero-order chi connectivity index (χ0) is 45.2. The molecule has 0 bridgehead atoms. The summed E-state index contributed by atoms with van der Waals surface area (Å²) >= 11 is 0. The topological polar surface area (TPSA) is 99.3 Å². The van der Waals surface area contributed by atoms with E-state index in [1.54, 1.807) is 0 Å². The first-order chi connectivity index (χ1) is 30.5. The summed E-state index contributed by atoms with van der Waals surface area (Å²) in [4.78, 5) is 17.3. The van der Waals surface area contributed by atoms with Crippen molar-refractivity contribution in [3.05, 3.63) is 0 Å². The molecular weight excluding hydrogens is 767 g/mol. The lowest BCUT2D eigenvalue weighted by Crippen LogP contribution is -2.38. The van der Waals surface area contributed by atoms with Crippen LogP contribution in [-0.2, 0) is 9.53 Å². The predicted octanol–water partition coefficient (Wildman–Crippen LogP) is 14.9. The Morgan fingerprint density at radius 2 is 0.694 bits per heavy atom. The maximum Gasteiger partial charge on any atom is 0.305 e. The summed E-state index contributed by atoms with van der Waals surface area (Å²) < 4.78 is 5.51. The van der Waals surface area contributed by atoms with Crippen LogP contribution in [0.5, 0.6) is 0 Å². The quantitative estimate of drug-likeness (QED) is 0.0413. The van der Waals surface area contributed by atoms with Crippen LogP contribution in [0.15, 0.2) is 0 Å². The smallest absolute Gasteiger partial charge is 0.305 e. The lowest BCUT2D eigenvalue weighted by atomic mass is 10.0. The minimum Gasteiger partial charge on any atom is -0.466 e. The van der Waals surface area contributed by atoms with Gasteiger partial charge >= 0.3 is 5.97 Å². The van der Waals surface area contributed by atoms with Gasteiger partial charge in [-0.05, 0) is 71.1 Å². The Bertz CT molecular complexity index is 862. The number of carbonyl (C=O) groups excluding carboxylic acids is 1.